The summed E-state index contributed by atoms with van der Waals surface area (Å²) in [5.41, 5.74) is -0.529. The molecule has 0 saturated heterocycles. The largest absolute Gasteiger partial charge is 0.497 e. The van der Waals surface area contributed by atoms with Gasteiger partial charge in [-0.25, -0.2) is 9.59 Å². The first-order valence-corrected chi connectivity index (χ1v) is 8.34. The summed E-state index contributed by atoms with van der Waals surface area (Å²) >= 11 is 0. The molecule has 0 radical (unpaired) electrons. The van der Waals surface area contributed by atoms with Crippen molar-refractivity contribution in [3.63, 3.8) is 0 Å². The molecule has 6 nitrogen and oxygen atoms in total. The number of aryl methyl sites for hydroxylation is 1. The molecule has 0 aromatic heterocycles. The van der Waals surface area contributed by atoms with Gasteiger partial charge in [-0.05, 0) is 49.6 Å². The van der Waals surface area contributed by atoms with E-state index < -0.39 is 23.1 Å². The van der Waals surface area contributed by atoms with Gasteiger partial charge in [0.15, 0.2) is 0 Å². The summed E-state index contributed by atoms with van der Waals surface area (Å²) in [6.45, 7) is 1.75. The van der Waals surface area contributed by atoms with Crippen LogP contribution in [0.2, 0.25) is 0 Å². The second kappa shape index (κ2) is 6.61. The summed E-state index contributed by atoms with van der Waals surface area (Å²) in [7, 11) is 4.19. The molecule has 2 aliphatic heterocycles. The maximum atomic E-state index is 12.5. The van der Waals surface area contributed by atoms with E-state index in [1.165, 1.54) is 14.2 Å². The number of carbonyl (C=O) groups is 2. The van der Waals surface area contributed by atoms with Gasteiger partial charge in [-0.15, -0.1) is 0 Å². The molecule has 2 heterocycles. The van der Waals surface area contributed by atoms with Crippen LogP contribution >= 0.6 is 0 Å². The predicted octanol–water partition coefficient (Wildman–Crippen LogP) is 2.37. The number of benzene rings is 1. The summed E-state index contributed by atoms with van der Waals surface area (Å²) < 4.78 is 21.2. The molecule has 0 unspecified atom stereocenters. The van der Waals surface area contributed by atoms with Crippen LogP contribution in [0.15, 0.2) is 47.6 Å². The molecule has 1 aromatic rings. The van der Waals surface area contributed by atoms with Crippen LogP contribution in [0.25, 0.3) is 0 Å². The zero-order valence-electron chi connectivity index (χ0n) is 15.3. The number of esters is 2. The van der Waals surface area contributed by atoms with Crippen molar-refractivity contribution in [1.29, 1.82) is 0 Å². The van der Waals surface area contributed by atoms with Crippen molar-refractivity contribution >= 4 is 11.9 Å². The summed E-state index contributed by atoms with van der Waals surface area (Å²) in [6, 6.07) is 7.70. The number of methoxy groups -OCH3 is 3. The lowest BCUT2D eigenvalue weighted by molar-refractivity contribution is -0.139. The molecule has 2 bridgehead atoms. The van der Waals surface area contributed by atoms with E-state index in [1.807, 2.05) is 30.3 Å². The fraction of sp³-hybridized carbons (Fsp3) is 0.400. The molecule has 0 N–H and O–H groups in total. The smallest absolute Gasteiger partial charge is 0.337 e. The Labute approximate surface area is 152 Å². The Kier molecular flexibility index (Phi) is 4.63. The molecule has 138 valence electrons. The number of ether oxygens (including phenoxy) is 4. The van der Waals surface area contributed by atoms with Crippen molar-refractivity contribution in [2.24, 2.45) is 0 Å². The highest BCUT2D eigenvalue weighted by molar-refractivity contribution is 6.05. The van der Waals surface area contributed by atoms with E-state index in [9.17, 15) is 9.59 Å². The van der Waals surface area contributed by atoms with Gasteiger partial charge in [0.05, 0.1) is 32.5 Å². The molecule has 2 aliphatic rings. The molecular weight excluding hydrogens is 336 g/mol. The molecule has 6 heteroatoms. The van der Waals surface area contributed by atoms with E-state index in [4.69, 9.17) is 18.9 Å². The maximum absolute atomic E-state index is 12.5. The Morgan fingerprint density at radius 1 is 1.04 bits per heavy atom. The van der Waals surface area contributed by atoms with Crippen LogP contribution < -0.4 is 4.74 Å². The van der Waals surface area contributed by atoms with Gasteiger partial charge in [0.1, 0.15) is 17.0 Å². The molecule has 0 aliphatic carbocycles. The van der Waals surface area contributed by atoms with Gasteiger partial charge in [-0.3, -0.25) is 0 Å². The quantitative estimate of drug-likeness (QED) is 0.574. The summed E-state index contributed by atoms with van der Waals surface area (Å²) in [4.78, 5) is 24.8. The zero-order valence-corrected chi connectivity index (χ0v) is 15.3. The van der Waals surface area contributed by atoms with Gasteiger partial charge in [0.25, 0.3) is 0 Å². The van der Waals surface area contributed by atoms with Gasteiger partial charge in [0.2, 0.25) is 0 Å². The molecule has 26 heavy (non-hydrogen) atoms. The molecule has 0 fully saturated rings. The number of fused-ring (bicyclic) bond motifs is 2. The van der Waals surface area contributed by atoms with Gasteiger partial charge in [-0.1, -0.05) is 12.1 Å². The number of hydrogen-bond donors (Lipinski definition) is 0. The lowest BCUT2D eigenvalue weighted by Crippen LogP contribution is -2.33. The molecule has 1 aromatic carbocycles. The van der Waals surface area contributed by atoms with Crippen molar-refractivity contribution in [2.75, 3.05) is 21.3 Å². The highest BCUT2D eigenvalue weighted by atomic mass is 16.6. The molecular formula is C20H22O6. The van der Waals surface area contributed by atoms with Crippen LogP contribution in [0.5, 0.6) is 5.75 Å². The maximum Gasteiger partial charge on any atom is 0.337 e. The average molecular weight is 358 g/mol. The van der Waals surface area contributed by atoms with Crippen molar-refractivity contribution < 1.29 is 28.5 Å². The lowest BCUT2D eigenvalue weighted by atomic mass is 9.79. The molecule has 2 atom stereocenters. The van der Waals surface area contributed by atoms with Crippen molar-refractivity contribution in [3.8, 4) is 5.75 Å². The molecule has 0 amide bonds. The van der Waals surface area contributed by atoms with Gasteiger partial charge in [-0.2, -0.15) is 0 Å². The third kappa shape index (κ3) is 2.80. The summed E-state index contributed by atoms with van der Waals surface area (Å²) in [5.74, 6) is -0.400. The summed E-state index contributed by atoms with van der Waals surface area (Å²) in [6.07, 6.45) is 4.76. The Morgan fingerprint density at radius 2 is 1.73 bits per heavy atom. The van der Waals surface area contributed by atoms with E-state index in [2.05, 4.69) is 0 Å². The minimum Gasteiger partial charge on any atom is -0.497 e. The number of hydrogen-bond acceptors (Lipinski definition) is 6. The van der Waals surface area contributed by atoms with Crippen LogP contribution in [0, 0.1) is 0 Å². The monoisotopic (exact) mass is 358 g/mol. The Bertz CT molecular complexity index is 808. The fourth-order valence-corrected chi connectivity index (χ4v) is 3.67. The van der Waals surface area contributed by atoms with Gasteiger partial charge in [0, 0.05) is 0 Å². The fourth-order valence-electron chi connectivity index (χ4n) is 3.67. The minimum absolute atomic E-state index is 0.208. The van der Waals surface area contributed by atoms with E-state index in [0.717, 1.165) is 11.3 Å². The van der Waals surface area contributed by atoms with E-state index in [-0.39, 0.29) is 11.1 Å². The predicted molar refractivity (Wildman–Crippen MR) is 93.7 cm³/mol. The van der Waals surface area contributed by atoms with E-state index >= 15 is 0 Å². The van der Waals surface area contributed by atoms with E-state index in [0.29, 0.717) is 12.8 Å². The first kappa shape index (κ1) is 18.2. The van der Waals surface area contributed by atoms with Crippen LogP contribution in [0.4, 0.5) is 0 Å². The topological polar surface area (TPSA) is 71.1 Å². The standard InChI is InChI=1S/C20H22O6/c1-19-10-11-20(26-19,9-8-13-6-5-7-14(12-13)23-2)16(18(22)25-4)15(19)17(21)24-3/h5-7,10-12H,8-9H2,1-4H3/t19-,20+/m1/s1. The lowest BCUT2D eigenvalue weighted by Gasteiger charge is -2.26. The second-order valence-corrected chi connectivity index (χ2v) is 6.52. The van der Waals surface area contributed by atoms with E-state index in [1.54, 1.807) is 20.1 Å². The molecule has 0 saturated carbocycles. The zero-order chi connectivity index (χ0) is 18.9. The summed E-state index contributed by atoms with van der Waals surface area (Å²) in [5, 5.41) is 0. The normalized spacial score (nSPS) is 26.2. The van der Waals surface area contributed by atoms with Crippen molar-refractivity contribution in [1.82, 2.24) is 0 Å². The van der Waals surface area contributed by atoms with Gasteiger partial charge >= 0.3 is 11.9 Å². The number of rotatable bonds is 6. The molecule has 0 spiro atoms. The highest BCUT2D eigenvalue weighted by Gasteiger charge is 2.59. The Balaban J connectivity index is 1.96. The second-order valence-electron chi connectivity index (χ2n) is 6.52. The van der Waals surface area contributed by atoms with Crippen LogP contribution in [0.1, 0.15) is 18.9 Å². The number of carbonyl (C=O) groups excluding carboxylic acids is 2. The minimum atomic E-state index is -1.01. The SMILES string of the molecule is COC(=O)C1=C(C(=O)OC)[C@]2(CCc3cccc(OC)c3)C=C[C@@]1(C)O2. The first-order chi connectivity index (χ1) is 12.4. The van der Waals surface area contributed by atoms with Crippen LogP contribution in [0.3, 0.4) is 0 Å². The third-order valence-electron chi connectivity index (χ3n) is 4.93. The molecule has 3 rings (SSSR count). The van der Waals surface area contributed by atoms with Gasteiger partial charge < -0.3 is 18.9 Å². The van der Waals surface area contributed by atoms with Crippen molar-refractivity contribution in [3.05, 3.63) is 53.1 Å². The Morgan fingerprint density at radius 3 is 2.38 bits per heavy atom. The third-order valence-corrected chi connectivity index (χ3v) is 4.93. The first-order valence-electron chi connectivity index (χ1n) is 8.34. The highest BCUT2D eigenvalue weighted by Crippen LogP contribution is 2.52. The van der Waals surface area contributed by atoms with Crippen LogP contribution in [-0.4, -0.2) is 44.5 Å². The Hall–Kier alpha value is -2.60. The van der Waals surface area contributed by atoms with Crippen molar-refractivity contribution in [2.45, 2.75) is 31.0 Å². The average Bonchev–Trinajstić information content (AvgIpc) is 3.14. The van der Waals surface area contributed by atoms with Crippen LogP contribution in [-0.2, 0) is 30.2 Å².